The predicted molar refractivity (Wildman–Crippen MR) is 88.8 cm³/mol. The van der Waals surface area contributed by atoms with E-state index in [1.807, 2.05) is 25.1 Å². The van der Waals surface area contributed by atoms with Crippen molar-refractivity contribution in [2.75, 3.05) is 0 Å². The van der Waals surface area contributed by atoms with Gasteiger partial charge >= 0.3 is 0 Å². The molecule has 0 fully saturated rings. The third kappa shape index (κ3) is 4.95. The lowest BCUT2D eigenvalue weighted by atomic mass is 10.1. The van der Waals surface area contributed by atoms with Crippen LogP contribution >= 0.6 is 23.2 Å². The van der Waals surface area contributed by atoms with Crippen molar-refractivity contribution in [2.24, 2.45) is 0 Å². The normalized spacial score (nSPS) is 11.7. The zero-order valence-corrected chi connectivity index (χ0v) is 14.2. The van der Waals surface area contributed by atoms with Crippen molar-refractivity contribution >= 4 is 23.2 Å². The van der Waals surface area contributed by atoms with Crippen LogP contribution in [-0.2, 0) is 6.54 Å². The lowest BCUT2D eigenvalue weighted by Gasteiger charge is -2.20. The van der Waals surface area contributed by atoms with E-state index in [-0.39, 0.29) is 5.54 Å². The van der Waals surface area contributed by atoms with Crippen LogP contribution in [-0.4, -0.2) is 15.5 Å². The minimum Gasteiger partial charge on any atom is -0.306 e. The highest BCUT2D eigenvalue weighted by atomic mass is 35.5. The molecular weight excluding hydrogens is 305 g/mol. The van der Waals surface area contributed by atoms with E-state index in [9.17, 15) is 0 Å². The second-order valence-electron chi connectivity index (χ2n) is 6.09. The summed E-state index contributed by atoms with van der Waals surface area (Å²) in [4.78, 5) is 9.07. The summed E-state index contributed by atoms with van der Waals surface area (Å²) in [6.07, 6.45) is 0. The molecule has 1 aromatic heterocycles. The van der Waals surface area contributed by atoms with Crippen LogP contribution in [0.25, 0.3) is 11.4 Å². The van der Waals surface area contributed by atoms with Crippen LogP contribution in [0.2, 0.25) is 10.0 Å². The predicted octanol–water partition coefficient (Wildman–Crippen LogP) is 4.65. The molecule has 21 heavy (non-hydrogen) atoms. The molecule has 3 nitrogen and oxygen atoms in total. The van der Waals surface area contributed by atoms with Crippen LogP contribution in [0.1, 0.15) is 32.2 Å². The molecule has 0 aliphatic carbocycles. The molecule has 0 saturated carbocycles. The monoisotopic (exact) mass is 323 g/mol. The van der Waals surface area contributed by atoms with Gasteiger partial charge in [0.2, 0.25) is 0 Å². The van der Waals surface area contributed by atoms with E-state index in [1.54, 1.807) is 6.07 Å². The molecule has 0 radical (unpaired) electrons. The number of aromatic nitrogens is 2. The lowest BCUT2D eigenvalue weighted by Crippen LogP contribution is -2.35. The summed E-state index contributed by atoms with van der Waals surface area (Å²) in [5, 5.41) is 4.59. The Hall–Kier alpha value is -1.16. The second-order valence-corrected chi connectivity index (χ2v) is 6.96. The summed E-state index contributed by atoms with van der Waals surface area (Å²) >= 11 is 12.1. The topological polar surface area (TPSA) is 37.8 Å². The van der Waals surface area contributed by atoms with E-state index < -0.39 is 0 Å². The van der Waals surface area contributed by atoms with Gasteiger partial charge in [-0.05, 0) is 52.0 Å². The van der Waals surface area contributed by atoms with Gasteiger partial charge in [-0.25, -0.2) is 9.97 Å². The fourth-order valence-electron chi connectivity index (χ4n) is 1.89. The van der Waals surface area contributed by atoms with E-state index in [1.165, 1.54) is 0 Å². The molecule has 0 aliphatic heterocycles. The van der Waals surface area contributed by atoms with Crippen molar-refractivity contribution in [1.29, 1.82) is 0 Å². The Morgan fingerprint density at radius 3 is 2.19 bits per heavy atom. The first-order valence-corrected chi connectivity index (χ1v) is 7.54. The Morgan fingerprint density at radius 1 is 1.00 bits per heavy atom. The summed E-state index contributed by atoms with van der Waals surface area (Å²) in [6.45, 7) is 9.02. The molecule has 5 heteroatoms. The molecular formula is C16H19Cl2N3. The van der Waals surface area contributed by atoms with Gasteiger partial charge in [0.05, 0.1) is 5.69 Å². The minimum absolute atomic E-state index is 0.0401. The molecule has 0 atom stereocenters. The van der Waals surface area contributed by atoms with Gasteiger partial charge < -0.3 is 5.32 Å². The first kappa shape index (κ1) is 16.2. The first-order valence-electron chi connectivity index (χ1n) is 6.79. The first-order chi connectivity index (χ1) is 9.73. The molecule has 1 aromatic carbocycles. The van der Waals surface area contributed by atoms with Crippen LogP contribution in [0.3, 0.4) is 0 Å². The third-order valence-corrected chi connectivity index (χ3v) is 3.26. The second kappa shape index (κ2) is 6.30. The van der Waals surface area contributed by atoms with Gasteiger partial charge in [0.15, 0.2) is 5.82 Å². The Labute approximate surface area is 135 Å². The Balaban J connectivity index is 2.34. The molecule has 1 N–H and O–H groups in total. The van der Waals surface area contributed by atoms with Crippen molar-refractivity contribution in [3.8, 4) is 11.4 Å². The van der Waals surface area contributed by atoms with Crippen LogP contribution in [0.5, 0.6) is 0 Å². The largest absolute Gasteiger partial charge is 0.306 e. The van der Waals surface area contributed by atoms with Crippen LogP contribution in [0.15, 0.2) is 24.3 Å². The number of halogens is 2. The summed E-state index contributed by atoms with van der Waals surface area (Å²) in [5.41, 5.74) is 2.73. The van der Waals surface area contributed by atoms with E-state index in [4.69, 9.17) is 23.2 Å². The highest BCUT2D eigenvalue weighted by molar-refractivity contribution is 6.35. The van der Waals surface area contributed by atoms with E-state index >= 15 is 0 Å². The number of nitrogens with zero attached hydrogens (tertiary/aromatic N) is 2. The van der Waals surface area contributed by atoms with Gasteiger partial charge in [-0.1, -0.05) is 23.2 Å². The molecule has 0 amide bonds. The molecule has 2 aromatic rings. The number of hydrogen-bond acceptors (Lipinski definition) is 3. The number of aryl methyl sites for hydroxylation is 1. The lowest BCUT2D eigenvalue weighted by molar-refractivity contribution is 0.421. The van der Waals surface area contributed by atoms with Crippen LogP contribution in [0, 0.1) is 6.92 Å². The Bertz CT molecular complexity index is 628. The average Bonchev–Trinajstić information content (AvgIpc) is 2.34. The van der Waals surface area contributed by atoms with E-state index in [0.717, 1.165) is 17.0 Å². The highest BCUT2D eigenvalue weighted by Gasteiger charge is 2.11. The number of rotatable bonds is 3. The molecule has 1 heterocycles. The van der Waals surface area contributed by atoms with Gasteiger partial charge in [0.25, 0.3) is 0 Å². The van der Waals surface area contributed by atoms with Gasteiger partial charge in [-0.3, -0.25) is 0 Å². The third-order valence-electron chi connectivity index (χ3n) is 2.83. The molecule has 0 aliphatic rings. The standard InChI is InChI=1S/C16H19Cl2N3/c1-10-5-14(9-19-16(2,3)4)21-15(20-10)11-6-12(17)8-13(18)7-11/h5-8,19H,9H2,1-4H3. The summed E-state index contributed by atoms with van der Waals surface area (Å²) in [5.74, 6) is 0.644. The summed E-state index contributed by atoms with van der Waals surface area (Å²) in [6, 6.07) is 7.32. The maximum absolute atomic E-state index is 6.05. The molecule has 0 spiro atoms. The molecule has 2 rings (SSSR count). The smallest absolute Gasteiger partial charge is 0.159 e. The fourth-order valence-corrected chi connectivity index (χ4v) is 2.42. The van der Waals surface area contributed by atoms with Crippen molar-refractivity contribution in [3.63, 3.8) is 0 Å². The highest BCUT2D eigenvalue weighted by Crippen LogP contribution is 2.25. The molecule has 0 saturated heterocycles. The minimum atomic E-state index is 0.0401. The quantitative estimate of drug-likeness (QED) is 0.893. The SMILES string of the molecule is Cc1cc(CNC(C)(C)C)nc(-c2cc(Cl)cc(Cl)c2)n1. The van der Waals surface area contributed by atoms with E-state index in [0.29, 0.717) is 22.4 Å². The summed E-state index contributed by atoms with van der Waals surface area (Å²) < 4.78 is 0. The van der Waals surface area contributed by atoms with Gasteiger partial charge in [-0.2, -0.15) is 0 Å². The van der Waals surface area contributed by atoms with Gasteiger partial charge in [-0.15, -0.1) is 0 Å². The van der Waals surface area contributed by atoms with Crippen molar-refractivity contribution in [2.45, 2.75) is 39.8 Å². The van der Waals surface area contributed by atoms with Crippen molar-refractivity contribution < 1.29 is 0 Å². The number of nitrogens with one attached hydrogen (secondary N) is 1. The van der Waals surface area contributed by atoms with E-state index in [2.05, 4.69) is 36.1 Å². The Morgan fingerprint density at radius 2 is 1.62 bits per heavy atom. The van der Waals surface area contributed by atoms with Crippen molar-refractivity contribution in [3.05, 3.63) is 45.7 Å². The Kier molecular flexibility index (Phi) is 4.87. The summed E-state index contributed by atoms with van der Waals surface area (Å²) in [7, 11) is 0. The van der Waals surface area contributed by atoms with Gasteiger partial charge in [0.1, 0.15) is 0 Å². The zero-order valence-electron chi connectivity index (χ0n) is 12.7. The maximum atomic E-state index is 6.05. The average molecular weight is 324 g/mol. The van der Waals surface area contributed by atoms with Crippen molar-refractivity contribution in [1.82, 2.24) is 15.3 Å². The number of hydrogen-bond donors (Lipinski definition) is 1. The fraction of sp³-hybridized carbons (Fsp3) is 0.375. The molecule has 112 valence electrons. The molecule has 0 unspecified atom stereocenters. The maximum Gasteiger partial charge on any atom is 0.159 e. The molecule has 0 bridgehead atoms. The number of benzene rings is 1. The van der Waals surface area contributed by atoms with Gasteiger partial charge in [0, 0.05) is 33.4 Å². The van der Waals surface area contributed by atoms with Crippen LogP contribution in [0.4, 0.5) is 0 Å². The van der Waals surface area contributed by atoms with Crippen LogP contribution < -0.4 is 5.32 Å². The zero-order chi connectivity index (χ0) is 15.6.